The minimum Gasteiger partial charge on any atom is -0.467 e. The van der Waals surface area contributed by atoms with Crippen LogP contribution in [0.5, 0.6) is 0 Å². The molecule has 2 N–H and O–H groups in total. The molecule has 2 heterocycles. The van der Waals surface area contributed by atoms with E-state index in [1.54, 1.807) is 11.8 Å². The highest BCUT2D eigenvalue weighted by Gasteiger charge is 2.43. The lowest BCUT2D eigenvalue weighted by molar-refractivity contribution is -0.161. The third-order valence-electron chi connectivity index (χ3n) is 4.84. The molecular weight excluding hydrogens is 382 g/mol. The summed E-state index contributed by atoms with van der Waals surface area (Å²) in [4.78, 5) is 51.5. The maximum atomic E-state index is 13.2. The van der Waals surface area contributed by atoms with E-state index < -0.39 is 35.9 Å². The van der Waals surface area contributed by atoms with E-state index >= 15 is 0 Å². The van der Waals surface area contributed by atoms with Crippen molar-refractivity contribution in [3.05, 3.63) is 35.9 Å². The van der Waals surface area contributed by atoms with Gasteiger partial charge in [0.2, 0.25) is 11.8 Å². The SMILES string of the molecule is COC(=O)[C@H](Cc1ccccc1)N(C(=O)C1CSCN1)C(=O)[C@@H]1CCC(=O)N1. The number of carbonyl (C=O) groups excluding carboxylic acids is 4. The van der Waals surface area contributed by atoms with Gasteiger partial charge < -0.3 is 10.1 Å². The first-order valence-corrected chi connectivity index (χ1v) is 10.3. The fraction of sp³-hybridized carbons (Fsp3) is 0.474. The lowest BCUT2D eigenvalue weighted by atomic mass is 10.0. The average Bonchev–Trinajstić information content (AvgIpc) is 3.39. The van der Waals surface area contributed by atoms with Crippen LogP contribution >= 0.6 is 11.8 Å². The van der Waals surface area contributed by atoms with E-state index in [1.165, 1.54) is 7.11 Å². The Hall–Kier alpha value is -2.39. The molecule has 3 rings (SSSR count). The summed E-state index contributed by atoms with van der Waals surface area (Å²) in [7, 11) is 1.23. The van der Waals surface area contributed by atoms with E-state index in [9.17, 15) is 19.2 Å². The van der Waals surface area contributed by atoms with Crippen LogP contribution in [-0.4, -0.2) is 65.5 Å². The summed E-state index contributed by atoms with van der Waals surface area (Å²) in [5.41, 5.74) is 0.799. The number of carbonyl (C=O) groups is 4. The van der Waals surface area contributed by atoms with Crippen LogP contribution in [0.4, 0.5) is 0 Å². The minimum absolute atomic E-state index is 0.144. The summed E-state index contributed by atoms with van der Waals surface area (Å²) in [6, 6.07) is 6.67. The number of hydrogen-bond acceptors (Lipinski definition) is 7. The van der Waals surface area contributed by atoms with Gasteiger partial charge in [0.05, 0.1) is 13.2 Å². The highest BCUT2D eigenvalue weighted by atomic mass is 32.2. The number of esters is 1. The quantitative estimate of drug-likeness (QED) is 0.510. The molecule has 2 fully saturated rings. The fourth-order valence-electron chi connectivity index (χ4n) is 3.36. The van der Waals surface area contributed by atoms with Crippen LogP contribution in [0.1, 0.15) is 18.4 Å². The van der Waals surface area contributed by atoms with E-state index in [1.807, 2.05) is 30.3 Å². The molecule has 0 radical (unpaired) electrons. The van der Waals surface area contributed by atoms with Crippen molar-refractivity contribution in [2.45, 2.75) is 37.4 Å². The molecule has 3 amide bonds. The number of rotatable bonds is 6. The number of thioether (sulfide) groups is 1. The summed E-state index contributed by atoms with van der Waals surface area (Å²) >= 11 is 1.55. The van der Waals surface area contributed by atoms with E-state index in [4.69, 9.17) is 4.74 Å². The Morgan fingerprint density at radius 3 is 2.50 bits per heavy atom. The van der Waals surface area contributed by atoms with Gasteiger partial charge in [-0.3, -0.25) is 24.6 Å². The average molecular weight is 405 g/mol. The van der Waals surface area contributed by atoms with Crippen molar-refractivity contribution in [3.8, 4) is 0 Å². The van der Waals surface area contributed by atoms with Gasteiger partial charge in [-0.25, -0.2) is 4.79 Å². The van der Waals surface area contributed by atoms with Crippen molar-refractivity contribution >= 4 is 35.5 Å². The molecule has 2 aliphatic heterocycles. The zero-order valence-electron chi connectivity index (χ0n) is 15.6. The topological polar surface area (TPSA) is 105 Å². The molecule has 1 unspecified atom stereocenters. The maximum absolute atomic E-state index is 13.2. The number of ether oxygens (including phenoxy) is 1. The summed E-state index contributed by atoms with van der Waals surface area (Å²) in [5, 5.41) is 5.64. The Morgan fingerprint density at radius 1 is 1.21 bits per heavy atom. The standard InChI is InChI=1S/C19H23N3O5S/c1-27-19(26)15(9-12-5-3-2-4-6-12)22(18(25)14-10-28-11-20-14)17(24)13-7-8-16(23)21-13/h2-6,13-15,20H,7-11H2,1H3,(H,21,23)/t13-,14?,15-/m0/s1. The smallest absolute Gasteiger partial charge is 0.329 e. The Balaban J connectivity index is 1.92. The molecule has 0 spiro atoms. The highest BCUT2D eigenvalue weighted by molar-refractivity contribution is 7.99. The van der Waals surface area contributed by atoms with E-state index in [2.05, 4.69) is 10.6 Å². The zero-order chi connectivity index (χ0) is 20.1. The number of nitrogens with one attached hydrogen (secondary N) is 2. The van der Waals surface area contributed by atoms with Crippen molar-refractivity contribution in [1.82, 2.24) is 15.5 Å². The molecule has 150 valence electrons. The summed E-state index contributed by atoms with van der Waals surface area (Å²) in [6.45, 7) is 0. The lowest BCUT2D eigenvalue weighted by Crippen LogP contribution is -2.59. The van der Waals surface area contributed by atoms with Gasteiger partial charge in [-0.05, 0) is 12.0 Å². The molecule has 3 atom stereocenters. The van der Waals surface area contributed by atoms with E-state index in [0.717, 1.165) is 10.5 Å². The monoisotopic (exact) mass is 405 g/mol. The Morgan fingerprint density at radius 2 is 1.93 bits per heavy atom. The molecule has 2 saturated heterocycles. The first-order chi connectivity index (χ1) is 13.5. The normalized spacial score (nSPS) is 22.4. The molecular formula is C19H23N3O5S. The molecule has 9 heteroatoms. The number of methoxy groups -OCH3 is 1. The molecule has 0 saturated carbocycles. The van der Waals surface area contributed by atoms with Gasteiger partial charge in [-0.1, -0.05) is 30.3 Å². The second kappa shape index (κ2) is 9.20. The number of benzene rings is 1. The second-order valence-corrected chi connectivity index (χ2v) is 7.74. The number of hydrogen-bond donors (Lipinski definition) is 2. The summed E-state index contributed by atoms with van der Waals surface area (Å²) in [5.74, 6) is -0.833. The fourth-order valence-corrected chi connectivity index (χ4v) is 4.29. The van der Waals surface area contributed by atoms with Crippen LogP contribution in [0.3, 0.4) is 0 Å². The zero-order valence-corrected chi connectivity index (χ0v) is 16.4. The van der Waals surface area contributed by atoms with Crippen LogP contribution in [0.2, 0.25) is 0 Å². The van der Waals surface area contributed by atoms with Crippen molar-refractivity contribution in [2.24, 2.45) is 0 Å². The largest absolute Gasteiger partial charge is 0.467 e. The Kier molecular flexibility index (Phi) is 6.69. The van der Waals surface area contributed by atoms with Crippen molar-refractivity contribution in [1.29, 1.82) is 0 Å². The van der Waals surface area contributed by atoms with Gasteiger partial charge in [0.25, 0.3) is 5.91 Å². The Labute approximate surface area is 167 Å². The minimum atomic E-state index is -1.10. The molecule has 1 aromatic carbocycles. The molecule has 0 bridgehead atoms. The third kappa shape index (κ3) is 4.53. The molecule has 8 nitrogen and oxygen atoms in total. The predicted octanol–water partition coefficient (Wildman–Crippen LogP) is 0.0670. The molecule has 0 aliphatic carbocycles. The van der Waals surface area contributed by atoms with Crippen LogP contribution < -0.4 is 10.6 Å². The molecule has 0 aromatic heterocycles. The van der Waals surface area contributed by atoms with Gasteiger partial charge in [0.1, 0.15) is 12.1 Å². The summed E-state index contributed by atoms with van der Waals surface area (Å²) in [6.07, 6.45) is 0.663. The lowest BCUT2D eigenvalue weighted by Gasteiger charge is -2.32. The first-order valence-electron chi connectivity index (χ1n) is 9.10. The van der Waals surface area contributed by atoms with Crippen LogP contribution in [-0.2, 0) is 30.3 Å². The number of amides is 3. The number of imide groups is 1. The van der Waals surface area contributed by atoms with Crippen molar-refractivity contribution in [2.75, 3.05) is 18.7 Å². The van der Waals surface area contributed by atoms with Crippen LogP contribution in [0.25, 0.3) is 0 Å². The third-order valence-corrected chi connectivity index (χ3v) is 5.78. The van der Waals surface area contributed by atoms with Gasteiger partial charge >= 0.3 is 5.97 Å². The van der Waals surface area contributed by atoms with Crippen molar-refractivity contribution in [3.63, 3.8) is 0 Å². The van der Waals surface area contributed by atoms with Gasteiger partial charge in [0, 0.05) is 24.5 Å². The molecule has 2 aliphatic rings. The van der Waals surface area contributed by atoms with Gasteiger partial charge in [-0.15, -0.1) is 11.8 Å². The molecule has 1 aromatic rings. The Bertz CT molecular complexity index is 751. The maximum Gasteiger partial charge on any atom is 0.329 e. The van der Waals surface area contributed by atoms with Gasteiger partial charge in [-0.2, -0.15) is 0 Å². The molecule has 28 heavy (non-hydrogen) atoms. The van der Waals surface area contributed by atoms with Gasteiger partial charge in [0.15, 0.2) is 0 Å². The van der Waals surface area contributed by atoms with E-state index in [0.29, 0.717) is 18.1 Å². The summed E-state index contributed by atoms with van der Waals surface area (Å²) < 4.78 is 4.91. The first kappa shape index (κ1) is 20.3. The number of nitrogens with zero attached hydrogens (tertiary/aromatic N) is 1. The van der Waals surface area contributed by atoms with E-state index in [-0.39, 0.29) is 18.7 Å². The highest BCUT2D eigenvalue weighted by Crippen LogP contribution is 2.20. The second-order valence-electron chi connectivity index (χ2n) is 6.71. The van der Waals surface area contributed by atoms with Crippen LogP contribution in [0, 0.1) is 0 Å². The predicted molar refractivity (Wildman–Crippen MR) is 103 cm³/mol. The van der Waals surface area contributed by atoms with Crippen LogP contribution in [0.15, 0.2) is 30.3 Å². The van der Waals surface area contributed by atoms with Crippen molar-refractivity contribution < 1.29 is 23.9 Å².